The summed E-state index contributed by atoms with van der Waals surface area (Å²) in [6.07, 6.45) is 1.75. The maximum atomic E-state index is 12.2. The van der Waals surface area contributed by atoms with Crippen molar-refractivity contribution in [3.8, 4) is 5.75 Å². The van der Waals surface area contributed by atoms with Crippen LogP contribution in [0.1, 0.15) is 36.5 Å². The number of alkyl halides is 3. The van der Waals surface area contributed by atoms with Crippen molar-refractivity contribution in [1.29, 1.82) is 0 Å². The Bertz CT molecular complexity index is 626. The molecule has 0 saturated carbocycles. The van der Waals surface area contributed by atoms with Gasteiger partial charge in [-0.05, 0) is 24.6 Å². The summed E-state index contributed by atoms with van der Waals surface area (Å²) in [6, 6.07) is 3.18. The minimum Gasteiger partial charge on any atom is -0.374 e. The Morgan fingerprint density at radius 1 is 1.33 bits per heavy atom. The molecule has 0 radical (unpaired) electrons. The van der Waals surface area contributed by atoms with Crippen LogP contribution in [0.25, 0.3) is 0 Å². The molecule has 0 aliphatic carbocycles. The maximum Gasteiger partial charge on any atom is 0.534 e. The summed E-state index contributed by atoms with van der Waals surface area (Å²) in [5.41, 5.74) is -5.36. The predicted molar refractivity (Wildman–Crippen MR) is 70.9 cm³/mol. The minimum absolute atomic E-state index is 0.185. The topological polar surface area (TPSA) is 60.4 Å². The van der Waals surface area contributed by atoms with Gasteiger partial charge < -0.3 is 4.18 Å². The van der Waals surface area contributed by atoms with Gasteiger partial charge in [-0.25, -0.2) is 0 Å². The number of halogens is 4. The molecule has 0 saturated heterocycles. The lowest BCUT2D eigenvalue weighted by atomic mass is 10.1. The quantitative estimate of drug-likeness (QED) is 0.445. The van der Waals surface area contributed by atoms with E-state index in [1.54, 1.807) is 0 Å². The Labute approximate surface area is 125 Å². The number of ketones is 1. The summed E-state index contributed by atoms with van der Waals surface area (Å²) in [5.74, 6) is -0.912. The van der Waals surface area contributed by atoms with Gasteiger partial charge in [0.25, 0.3) is 0 Å². The number of benzene rings is 1. The van der Waals surface area contributed by atoms with Gasteiger partial charge >= 0.3 is 15.6 Å². The fraction of sp³-hybridized carbons (Fsp3) is 0.417. The molecule has 1 aromatic rings. The van der Waals surface area contributed by atoms with Crippen molar-refractivity contribution in [3.05, 3.63) is 28.8 Å². The van der Waals surface area contributed by atoms with Gasteiger partial charge in [-0.1, -0.05) is 24.9 Å². The lowest BCUT2D eigenvalue weighted by Crippen LogP contribution is -2.28. The number of Topliss-reactive ketones (excluding diaryl/α,β-unsaturated/α-hetero) is 1. The summed E-state index contributed by atoms with van der Waals surface area (Å²) in [7, 11) is -5.79. The Kier molecular flexibility index (Phi) is 5.63. The third-order valence-corrected chi connectivity index (χ3v) is 3.76. The van der Waals surface area contributed by atoms with E-state index in [2.05, 4.69) is 4.18 Å². The first-order chi connectivity index (χ1) is 9.58. The molecule has 0 aliphatic rings. The molecule has 0 amide bonds. The van der Waals surface area contributed by atoms with Gasteiger partial charge in [0.2, 0.25) is 0 Å². The van der Waals surface area contributed by atoms with Gasteiger partial charge in [0.1, 0.15) is 0 Å². The summed E-state index contributed by atoms with van der Waals surface area (Å²) < 4.78 is 62.2. The van der Waals surface area contributed by atoms with Crippen molar-refractivity contribution >= 4 is 27.5 Å². The highest BCUT2D eigenvalue weighted by Gasteiger charge is 2.48. The first-order valence-corrected chi connectivity index (χ1v) is 7.70. The molecule has 0 aliphatic heterocycles. The van der Waals surface area contributed by atoms with Crippen LogP contribution in [0.15, 0.2) is 18.2 Å². The molecule has 0 N–H and O–H groups in total. The van der Waals surface area contributed by atoms with Crippen molar-refractivity contribution < 1.29 is 30.6 Å². The largest absolute Gasteiger partial charge is 0.534 e. The summed E-state index contributed by atoms with van der Waals surface area (Å²) in [5, 5.41) is -0.384. The predicted octanol–water partition coefficient (Wildman–Crippen LogP) is 3.94. The Balaban J connectivity index is 2.97. The SMILES string of the molecule is CCCCC(=O)c1ccc(OS(=O)(=O)C(F)(F)F)c(Cl)c1. The summed E-state index contributed by atoms with van der Waals surface area (Å²) in [6.45, 7) is 1.90. The zero-order valence-electron chi connectivity index (χ0n) is 10.9. The molecule has 0 aromatic heterocycles. The maximum absolute atomic E-state index is 12.2. The van der Waals surface area contributed by atoms with Crippen LogP contribution in [0, 0.1) is 0 Å². The van der Waals surface area contributed by atoms with Gasteiger partial charge in [0.05, 0.1) is 5.02 Å². The lowest BCUT2D eigenvalue weighted by Gasteiger charge is -2.11. The van der Waals surface area contributed by atoms with Gasteiger partial charge in [-0.2, -0.15) is 21.6 Å². The number of hydrogen-bond donors (Lipinski definition) is 0. The van der Waals surface area contributed by atoms with E-state index in [-0.39, 0.29) is 22.8 Å². The second-order valence-corrected chi connectivity index (χ2v) is 6.10. The van der Waals surface area contributed by atoms with Crippen molar-refractivity contribution in [2.45, 2.75) is 31.7 Å². The van der Waals surface area contributed by atoms with E-state index >= 15 is 0 Å². The second kappa shape index (κ2) is 6.65. The van der Waals surface area contributed by atoms with Crippen molar-refractivity contribution in [2.75, 3.05) is 0 Å². The smallest absolute Gasteiger partial charge is 0.374 e. The molecule has 118 valence electrons. The molecule has 1 rings (SSSR count). The van der Waals surface area contributed by atoms with E-state index in [1.165, 1.54) is 6.07 Å². The van der Waals surface area contributed by atoms with E-state index in [1.807, 2.05) is 6.92 Å². The normalized spacial score (nSPS) is 12.2. The van der Waals surface area contributed by atoms with Crippen LogP contribution >= 0.6 is 11.6 Å². The molecular weight excluding hydrogens is 333 g/mol. The average molecular weight is 345 g/mol. The summed E-state index contributed by atoms with van der Waals surface area (Å²) >= 11 is 5.65. The zero-order chi connectivity index (χ0) is 16.3. The molecular formula is C12H12ClF3O4S. The van der Waals surface area contributed by atoms with E-state index in [0.29, 0.717) is 6.42 Å². The Morgan fingerprint density at radius 2 is 1.95 bits per heavy atom. The molecule has 0 atom stereocenters. The van der Waals surface area contributed by atoms with Gasteiger partial charge in [-0.15, -0.1) is 0 Å². The van der Waals surface area contributed by atoms with Crippen molar-refractivity contribution in [1.82, 2.24) is 0 Å². The first kappa shape index (κ1) is 17.8. The fourth-order valence-electron chi connectivity index (χ4n) is 1.39. The average Bonchev–Trinajstić information content (AvgIpc) is 2.36. The molecule has 0 heterocycles. The molecule has 1 aromatic carbocycles. The van der Waals surface area contributed by atoms with Crippen LogP contribution in [-0.2, 0) is 10.1 Å². The van der Waals surface area contributed by atoms with Gasteiger partial charge in [0.15, 0.2) is 11.5 Å². The molecule has 0 unspecified atom stereocenters. The molecule has 21 heavy (non-hydrogen) atoms. The van der Waals surface area contributed by atoms with Crippen molar-refractivity contribution in [3.63, 3.8) is 0 Å². The second-order valence-electron chi connectivity index (χ2n) is 4.16. The lowest BCUT2D eigenvalue weighted by molar-refractivity contribution is -0.0500. The van der Waals surface area contributed by atoms with Crippen LogP contribution in [0.3, 0.4) is 0 Å². The highest BCUT2D eigenvalue weighted by atomic mass is 35.5. The van der Waals surface area contributed by atoms with E-state index in [0.717, 1.165) is 18.6 Å². The monoisotopic (exact) mass is 344 g/mol. The highest BCUT2D eigenvalue weighted by Crippen LogP contribution is 2.32. The zero-order valence-corrected chi connectivity index (χ0v) is 12.5. The van der Waals surface area contributed by atoms with Crippen LogP contribution in [0.4, 0.5) is 13.2 Å². The Hall–Kier alpha value is -1.28. The fourth-order valence-corrected chi connectivity index (χ4v) is 2.13. The van der Waals surface area contributed by atoms with Crippen molar-refractivity contribution in [2.24, 2.45) is 0 Å². The number of carbonyl (C=O) groups excluding carboxylic acids is 1. The van der Waals surface area contributed by atoms with Crippen LogP contribution in [0.5, 0.6) is 5.75 Å². The summed E-state index contributed by atoms with van der Waals surface area (Å²) in [4.78, 5) is 11.7. The van der Waals surface area contributed by atoms with E-state index in [4.69, 9.17) is 11.6 Å². The molecule has 9 heteroatoms. The molecule has 0 fully saturated rings. The Morgan fingerprint density at radius 3 is 2.43 bits per heavy atom. The van der Waals surface area contributed by atoms with E-state index < -0.39 is 21.4 Å². The number of unbranched alkanes of at least 4 members (excludes halogenated alkanes) is 1. The molecule has 4 nitrogen and oxygen atoms in total. The standard InChI is InChI=1S/C12H12ClF3O4S/c1-2-3-4-10(17)8-5-6-11(9(13)7-8)20-21(18,19)12(14,15)16/h5-7H,2-4H2,1H3. The van der Waals surface area contributed by atoms with Gasteiger partial charge in [-0.3, -0.25) is 4.79 Å². The molecule has 0 spiro atoms. The first-order valence-electron chi connectivity index (χ1n) is 5.92. The van der Waals surface area contributed by atoms with Crippen LogP contribution in [0.2, 0.25) is 5.02 Å². The molecule has 0 bridgehead atoms. The third kappa shape index (κ3) is 4.60. The number of hydrogen-bond acceptors (Lipinski definition) is 4. The minimum atomic E-state index is -5.79. The van der Waals surface area contributed by atoms with Gasteiger partial charge in [0, 0.05) is 12.0 Å². The number of carbonyl (C=O) groups is 1. The third-order valence-electron chi connectivity index (χ3n) is 2.49. The highest BCUT2D eigenvalue weighted by molar-refractivity contribution is 7.88. The van der Waals surface area contributed by atoms with E-state index in [9.17, 15) is 26.4 Å². The number of rotatable bonds is 6. The van der Waals surface area contributed by atoms with Crippen LogP contribution in [-0.4, -0.2) is 19.7 Å². The van der Waals surface area contributed by atoms with Crippen LogP contribution < -0.4 is 4.18 Å².